The Bertz CT molecular complexity index is 481. The Labute approximate surface area is 128 Å². The van der Waals surface area contributed by atoms with Gasteiger partial charge in [0.15, 0.2) is 0 Å². The number of nitrogens with zero attached hydrogens (tertiary/aromatic N) is 1. The highest BCUT2D eigenvalue weighted by Gasteiger charge is 2.64. The van der Waals surface area contributed by atoms with Gasteiger partial charge in [-0.2, -0.15) is 0 Å². The average Bonchev–Trinajstić information content (AvgIpc) is 3.25. The van der Waals surface area contributed by atoms with Crippen molar-refractivity contribution in [3.05, 3.63) is 35.9 Å². The maximum absolute atomic E-state index is 13.1. The molecule has 1 amide bonds. The monoisotopic (exact) mass is 288 g/mol. The van der Waals surface area contributed by atoms with Gasteiger partial charge in [0.25, 0.3) is 0 Å². The molecular formula is C18H28N2O. The normalized spacial score (nSPS) is 25.7. The molecule has 0 spiro atoms. The highest BCUT2D eigenvalue weighted by molar-refractivity contribution is 5.92. The minimum atomic E-state index is -0.392. The van der Waals surface area contributed by atoms with E-state index in [0.717, 1.165) is 25.1 Å². The van der Waals surface area contributed by atoms with Crippen LogP contribution in [0.4, 0.5) is 0 Å². The van der Waals surface area contributed by atoms with Gasteiger partial charge in [0, 0.05) is 19.1 Å². The first-order chi connectivity index (χ1) is 9.98. The molecule has 2 rings (SSSR count). The minimum absolute atomic E-state index is 0.0738. The Hall–Kier alpha value is -1.35. The van der Waals surface area contributed by atoms with E-state index in [2.05, 4.69) is 26.0 Å². The van der Waals surface area contributed by atoms with Gasteiger partial charge in [0.1, 0.15) is 0 Å². The number of hydrogen-bond acceptors (Lipinski definition) is 2. The summed E-state index contributed by atoms with van der Waals surface area (Å²) in [6.07, 6.45) is 0.881. The van der Waals surface area contributed by atoms with E-state index < -0.39 is 5.41 Å². The van der Waals surface area contributed by atoms with Crippen molar-refractivity contribution >= 4 is 5.91 Å². The average molecular weight is 288 g/mol. The van der Waals surface area contributed by atoms with E-state index in [1.165, 1.54) is 0 Å². The number of rotatable bonds is 6. The molecule has 1 aliphatic rings. The second-order valence-electron chi connectivity index (χ2n) is 6.45. The van der Waals surface area contributed by atoms with Crippen molar-refractivity contribution < 1.29 is 4.79 Å². The van der Waals surface area contributed by atoms with Crippen molar-refractivity contribution in [3.8, 4) is 0 Å². The summed E-state index contributed by atoms with van der Waals surface area (Å²) in [6.45, 7) is 9.88. The zero-order valence-corrected chi connectivity index (χ0v) is 13.7. The van der Waals surface area contributed by atoms with Crippen LogP contribution >= 0.6 is 0 Å². The fraction of sp³-hybridized carbons (Fsp3) is 0.611. The largest absolute Gasteiger partial charge is 0.342 e. The molecule has 21 heavy (non-hydrogen) atoms. The van der Waals surface area contributed by atoms with Gasteiger partial charge < -0.3 is 10.6 Å². The van der Waals surface area contributed by atoms with Crippen molar-refractivity contribution in [2.24, 2.45) is 17.6 Å². The molecule has 1 aliphatic carbocycles. The first kappa shape index (κ1) is 16.0. The van der Waals surface area contributed by atoms with Gasteiger partial charge in [-0.25, -0.2) is 0 Å². The maximum atomic E-state index is 13.1. The van der Waals surface area contributed by atoms with Crippen LogP contribution in [0.5, 0.6) is 0 Å². The Balaban J connectivity index is 2.37. The third-order valence-corrected chi connectivity index (χ3v) is 4.97. The molecule has 2 N–H and O–H groups in total. The molecule has 0 unspecified atom stereocenters. The molecule has 0 heterocycles. The second kappa shape index (κ2) is 6.18. The molecule has 3 heteroatoms. The van der Waals surface area contributed by atoms with Crippen molar-refractivity contribution in [1.29, 1.82) is 0 Å². The van der Waals surface area contributed by atoms with Crippen molar-refractivity contribution in [1.82, 2.24) is 4.90 Å². The zero-order valence-electron chi connectivity index (χ0n) is 13.7. The number of likely N-dealkylation sites (N-methyl/N-ethyl adjacent to an activating group) is 1. The molecule has 0 aliphatic heterocycles. The Morgan fingerprint density at radius 3 is 2.33 bits per heavy atom. The van der Waals surface area contributed by atoms with Crippen LogP contribution in [0.2, 0.25) is 0 Å². The van der Waals surface area contributed by atoms with Gasteiger partial charge in [-0.15, -0.1) is 0 Å². The minimum Gasteiger partial charge on any atom is -0.342 e. The SMILES string of the molecule is CCN(CC)C(=O)[C@@]1(c2ccccc2)C[C@H]1[C@@H](N)C(C)C. The molecule has 1 aromatic rings. The number of carbonyl (C=O) groups excluding carboxylic acids is 1. The van der Waals surface area contributed by atoms with Crippen LogP contribution in [0.25, 0.3) is 0 Å². The van der Waals surface area contributed by atoms with E-state index in [9.17, 15) is 4.79 Å². The number of amides is 1. The predicted octanol–water partition coefficient (Wildman–Crippen LogP) is 2.80. The van der Waals surface area contributed by atoms with E-state index in [1.54, 1.807) is 0 Å². The molecule has 0 bridgehead atoms. The molecule has 0 saturated heterocycles. The van der Waals surface area contributed by atoms with Gasteiger partial charge in [0.05, 0.1) is 5.41 Å². The second-order valence-corrected chi connectivity index (χ2v) is 6.45. The summed E-state index contributed by atoms with van der Waals surface area (Å²) in [5.74, 6) is 0.901. The van der Waals surface area contributed by atoms with Gasteiger partial charge in [0.2, 0.25) is 5.91 Å². The Kier molecular flexibility index (Phi) is 4.72. The lowest BCUT2D eigenvalue weighted by Crippen LogP contribution is -2.43. The maximum Gasteiger partial charge on any atom is 0.233 e. The van der Waals surface area contributed by atoms with E-state index in [0.29, 0.717) is 5.92 Å². The van der Waals surface area contributed by atoms with Gasteiger partial charge >= 0.3 is 0 Å². The summed E-state index contributed by atoms with van der Waals surface area (Å²) in [5.41, 5.74) is 7.12. The number of carbonyl (C=O) groups is 1. The number of benzene rings is 1. The first-order valence-electron chi connectivity index (χ1n) is 8.09. The molecule has 116 valence electrons. The lowest BCUT2D eigenvalue weighted by atomic mass is 9.86. The van der Waals surface area contributed by atoms with E-state index >= 15 is 0 Å². The molecule has 1 aromatic carbocycles. The van der Waals surface area contributed by atoms with E-state index in [-0.39, 0.29) is 17.9 Å². The lowest BCUT2D eigenvalue weighted by Gasteiger charge is -2.28. The van der Waals surface area contributed by atoms with Crippen LogP contribution in [-0.2, 0) is 10.2 Å². The van der Waals surface area contributed by atoms with Gasteiger partial charge in [-0.05, 0) is 37.7 Å². The topological polar surface area (TPSA) is 46.3 Å². The molecule has 1 saturated carbocycles. The Morgan fingerprint density at radius 2 is 1.86 bits per heavy atom. The van der Waals surface area contributed by atoms with Crippen LogP contribution in [0.3, 0.4) is 0 Å². The van der Waals surface area contributed by atoms with Crippen molar-refractivity contribution in [2.75, 3.05) is 13.1 Å². The van der Waals surface area contributed by atoms with Crippen LogP contribution in [-0.4, -0.2) is 29.9 Å². The smallest absolute Gasteiger partial charge is 0.233 e. The van der Waals surface area contributed by atoms with E-state index in [1.807, 2.05) is 36.9 Å². The summed E-state index contributed by atoms with van der Waals surface area (Å²) in [7, 11) is 0. The third kappa shape index (κ3) is 2.71. The van der Waals surface area contributed by atoms with Crippen molar-refractivity contribution in [3.63, 3.8) is 0 Å². The Morgan fingerprint density at radius 1 is 1.29 bits per heavy atom. The number of nitrogens with two attached hydrogens (primary N) is 1. The molecule has 3 nitrogen and oxygen atoms in total. The summed E-state index contributed by atoms with van der Waals surface area (Å²) >= 11 is 0. The third-order valence-electron chi connectivity index (χ3n) is 4.97. The summed E-state index contributed by atoms with van der Waals surface area (Å²) in [5, 5.41) is 0. The fourth-order valence-corrected chi connectivity index (χ4v) is 3.45. The van der Waals surface area contributed by atoms with Crippen LogP contribution < -0.4 is 5.73 Å². The highest BCUT2D eigenvalue weighted by atomic mass is 16.2. The van der Waals surface area contributed by atoms with Crippen LogP contribution in [0, 0.1) is 11.8 Å². The van der Waals surface area contributed by atoms with E-state index in [4.69, 9.17) is 5.73 Å². The molecule has 0 radical (unpaired) electrons. The molecule has 1 fully saturated rings. The summed E-state index contributed by atoms with van der Waals surface area (Å²) in [4.78, 5) is 15.0. The lowest BCUT2D eigenvalue weighted by molar-refractivity contribution is -0.134. The standard InChI is InChI=1S/C18H28N2O/c1-5-20(6-2)17(21)18(14-10-8-7-9-11-14)12-15(18)16(19)13(3)4/h7-11,13,15-16H,5-6,12,19H2,1-4H3/t15-,16-,18+/m0/s1. The quantitative estimate of drug-likeness (QED) is 0.875. The van der Waals surface area contributed by atoms with Crippen molar-refractivity contribution in [2.45, 2.75) is 45.6 Å². The first-order valence-corrected chi connectivity index (χ1v) is 8.09. The summed E-state index contributed by atoms with van der Waals surface area (Å²) < 4.78 is 0. The number of hydrogen-bond donors (Lipinski definition) is 1. The van der Waals surface area contributed by atoms with Gasteiger partial charge in [-0.3, -0.25) is 4.79 Å². The molecule has 0 aromatic heterocycles. The zero-order chi connectivity index (χ0) is 15.6. The fourth-order valence-electron chi connectivity index (χ4n) is 3.45. The molecule has 3 atom stereocenters. The predicted molar refractivity (Wildman–Crippen MR) is 87.0 cm³/mol. The molecular weight excluding hydrogens is 260 g/mol. The highest BCUT2D eigenvalue weighted by Crippen LogP contribution is 2.57. The van der Waals surface area contributed by atoms with Crippen LogP contribution in [0.15, 0.2) is 30.3 Å². The van der Waals surface area contributed by atoms with Crippen LogP contribution in [0.1, 0.15) is 39.7 Å². The van der Waals surface area contributed by atoms with Gasteiger partial charge in [-0.1, -0.05) is 44.2 Å². The summed E-state index contributed by atoms with van der Waals surface area (Å²) in [6, 6.07) is 10.3.